The predicted molar refractivity (Wildman–Crippen MR) is 115 cm³/mol. The maximum absolute atomic E-state index is 13.4. The summed E-state index contributed by atoms with van der Waals surface area (Å²) in [4.78, 5) is 18.8. The third kappa shape index (κ3) is 3.35. The minimum Gasteiger partial charge on any atom is -0.496 e. The first-order valence-corrected chi connectivity index (χ1v) is 9.97. The molecule has 0 radical (unpaired) electrons. The maximum atomic E-state index is 13.4. The van der Waals surface area contributed by atoms with Crippen LogP contribution in [0.2, 0.25) is 0 Å². The van der Waals surface area contributed by atoms with E-state index < -0.39 is 0 Å². The van der Waals surface area contributed by atoms with Crippen LogP contribution in [-0.4, -0.2) is 36.6 Å². The van der Waals surface area contributed by atoms with Crippen molar-refractivity contribution >= 4 is 16.8 Å². The molecule has 1 N–H and O–H groups in total. The molecule has 0 bridgehead atoms. The SMILES string of the molecule is COc1cccc(OC)c1C(=O)N1CCc2[nH]c3ccc(C(C)(C)C)cc3c2C1. The second-order valence-electron chi connectivity index (χ2n) is 8.61. The van der Waals surface area contributed by atoms with Crippen LogP contribution in [0.3, 0.4) is 0 Å². The highest BCUT2D eigenvalue weighted by Gasteiger charge is 2.29. The molecule has 0 saturated carbocycles. The number of amides is 1. The fraction of sp³-hybridized carbons (Fsp3) is 0.375. The van der Waals surface area contributed by atoms with E-state index in [1.165, 1.54) is 22.2 Å². The molecule has 2 aromatic carbocycles. The molecule has 4 rings (SSSR count). The highest BCUT2D eigenvalue weighted by atomic mass is 16.5. The molecular weight excluding hydrogens is 364 g/mol. The normalized spacial score (nSPS) is 14.0. The number of hydrogen-bond acceptors (Lipinski definition) is 3. The minimum atomic E-state index is -0.0636. The molecule has 0 atom stereocenters. The fourth-order valence-corrected chi connectivity index (χ4v) is 4.07. The zero-order valence-electron chi connectivity index (χ0n) is 17.8. The summed E-state index contributed by atoms with van der Waals surface area (Å²) >= 11 is 0. The molecule has 1 aromatic heterocycles. The number of hydrogen-bond donors (Lipinski definition) is 1. The van der Waals surface area contributed by atoms with Crippen LogP contribution in [0.5, 0.6) is 11.5 Å². The van der Waals surface area contributed by atoms with Crippen LogP contribution in [0.4, 0.5) is 0 Å². The van der Waals surface area contributed by atoms with Crippen molar-refractivity contribution < 1.29 is 14.3 Å². The summed E-state index contributed by atoms with van der Waals surface area (Å²) in [5.74, 6) is 1.01. The van der Waals surface area contributed by atoms with Gasteiger partial charge in [0.05, 0.1) is 14.2 Å². The first-order chi connectivity index (χ1) is 13.8. The first kappa shape index (κ1) is 19.4. The Labute approximate surface area is 171 Å². The molecule has 0 aliphatic carbocycles. The van der Waals surface area contributed by atoms with Gasteiger partial charge in [0.25, 0.3) is 5.91 Å². The Hall–Kier alpha value is -2.95. The molecule has 29 heavy (non-hydrogen) atoms. The summed E-state index contributed by atoms with van der Waals surface area (Å²) in [5.41, 5.74) is 5.42. The van der Waals surface area contributed by atoms with E-state index in [0.29, 0.717) is 30.2 Å². The molecule has 1 aliphatic rings. The molecule has 5 heteroatoms. The molecule has 0 spiro atoms. The number of methoxy groups -OCH3 is 2. The van der Waals surface area contributed by atoms with Crippen LogP contribution >= 0.6 is 0 Å². The zero-order valence-corrected chi connectivity index (χ0v) is 17.8. The van der Waals surface area contributed by atoms with E-state index in [0.717, 1.165) is 11.9 Å². The topological polar surface area (TPSA) is 54.6 Å². The van der Waals surface area contributed by atoms with Gasteiger partial charge in [-0.3, -0.25) is 4.79 Å². The Kier molecular flexibility index (Phi) is 4.77. The van der Waals surface area contributed by atoms with Crippen molar-refractivity contribution in [2.45, 2.75) is 39.2 Å². The van der Waals surface area contributed by atoms with E-state index in [-0.39, 0.29) is 11.3 Å². The van der Waals surface area contributed by atoms with Gasteiger partial charge < -0.3 is 19.4 Å². The van der Waals surface area contributed by atoms with Crippen molar-refractivity contribution in [2.24, 2.45) is 0 Å². The molecule has 1 aliphatic heterocycles. The van der Waals surface area contributed by atoms with Crippen LogP contribution in [0.1, 0.15) is 48.0 Å². The Bertz CT molecular complexity index is 1050. The minimum absolute atomic E-state index is 0.0636. The largest absolute Gasteiger partial charge is 0.496 e. The Balaban J connectivity index is 1.73. The number of carbonyl (C=O) groups excluding carboxylic acids is 1. The molecule has 0 saturated heterocycles. The summed E-state index contributed by atoms with van der Waals surface area (Å²) in [6.45, 7) is 7.89. The smallest absolute Gasteiger partial charge is 0.261 e. The van der Waals surface area contributed by atoms with E-state index in [4.69, 9.17) is 9.47 Å². The van der Waals surface area contributed by atoms with Crippen molar-refractivity contribution in [2.75, 3.05) is 20.8 Å². The Morgan fingerprint density at radius 1 is 1.07 bits per heavy atom. The Morgan fingerprint density at radius 3 is 2.38 bits per heavy atom. The number of aromatic nitrogens is 1. The van der Waals surface area contributed by atoms with Crippen LogP contribution < -0.4 is 9.47 Å². The molecular formula is C24H28N2O3. The van der Waals surface area contributed by atoms with Gasteiger partial charge in [0.1, 0.15) is 17.1 Å². The van der Waals surface area contributed by atoms with Gasteiger partial charge in [-0.2, -0.15) is 0 Å². The van der Waals surface area contributed by atoms with Gasteiger partial charge in [0.2, 0.25) is 0 Å². The first-order valence-electron chi connectivity index (χ1n) is 9.97. The molecule has 1 amide bonds. The maximum Gasteiger partial charge on any atom is 0.261 e. The van der Waals surface area contributed by atoms with Gasteiger partial charge in [-0.1, -0.05) is 32.9 Å². The lowest BCUT2D eigenvalue weighted by Gasteiger charge is -2.28. The van der Waals surface area contributed by atoms with Gasteiger partial charge >= 0.3 is 0 Å². The number of nitrogens with zero attached hydrogens (tertiary/aromatic N) is 1. The molecule has 0 unspecified atom stereocenters. The summed E-state index contributed by atoms with van der Waals surface area (Å²) < 4.78 is 10.9. The highest BCUT2D eigenvalue weighted by molar-refractivity contribution is 6.00. The third-order valence-corrected chi connectivity index (χ3v) is 5.77. The number of aromatic amines is 1. The number of fused-ring (bicyclic) bond motifs is 3. The fourth-order valence-electron chi connectivity index (χ4n) is 4.07. The van der Waals surface area contributed by atoms with Crippen LogP contribution in [0.15, 0.2) is 36.4 Å². The van der Waals surface area contributed by atoms with E-state index in [1.54, 1.807) is 26.4 Å². The average molecular weight is 392 g/mol. The number of benzene rings is 2. The van der Waals surface area contributed by atoms with Gasteiger partial charge in [-0.25, -0.2) is 0 Å². The van der Waals surface area contributed by atoms with Crippen LogP contribution in [-0.2, 0) is 18.4 Å². The summed E-state index contributed by atoms with van der Waals surface area (Å²) in [5, 5.41) is 1.21. The third-order valence-electron chi connectivity index (χ3n) is 5.77. The number of nitrogens with one attached hydrogen (secondary N) is 1. The number of ether oxygens (including phenoxy) is 2. The van der Waals surface area contributed by atoms with Crippen LogP contribution in [0, 0.1) is 0 Å². The molecule has 0 fully saturated rings. The summed E-state index contributed by atoms with van der Waals surface area (Å²) in [7, 11) is 3.15. The zero-order chi connectivity index (χ0) is 20.8. The second kappa shape index (κ2) is 7.14. The molecule has 5 nitrogen and oxygen atoms in total. The molecule has 2 heterocycles. The van der Waals surface area contributed by atoms with Crippen molar-refractivity contribution in [3.05, 3.63) is 58.8 Å². The van der Waals surface area contributed by atoms with E-state index in [1.807, 2.05) is 11.0 Å². The second-order valence-corrected chi connectivity index (χ2v) is 8.61. The molecule has 152 valence electrons. The predicted octanol–water partition coefficient (Wildman–Crippen LogP) is 4.68. The highest BCUT2D eigenvalue weighted by Crippen LogP contribution is 2.34. The van der Waals surface area contributed by atoms with Gasteiger partial charge in [0.15, 0.2) is 0 Å². The van der Waals surface area contributed by atoms with Gasteiger partial charge in [0, 0.05) is 41.7 Å². The van der Waals surface area contributed by atoms with E-state index >= 15 is 0 Å². The van der Waals surface area contributed by atoms with Crippen molar-refractivity contribution in [3.63, 3.8) is 0 Å². The van der Waals surface area contributed by atoms with Crippen LogP contribution in [0.25, 0.3) is 10.9 Å². The lowest BCUT2D eigenvalue weighted by atomic mass is 9.86. The Morgan fingerprint density at radius 2 is 1.76 bits per heavy atom. The van der Waals surface area contributed by atoms with E-state index in [9.17, 15) is 4.79 Å². The van der Waals surface area contributed by atoms with Crippen molar-refractivity contribution in [1.29, 1.82) is 0 Å². The van der Waals surface area contributed by atoms with E-state index in [2.05, 4.69) is 44.0 Å². The van der Waals surface area contributed by atoms with Crippen molar-refractivity contribution in [1.82, 2.24) is 9.88 Å². The number of H-pyrrole nitrogens is 1. The van der Waals surface area contributed by atoms with Gasteiger partial charge in [-0.15, -0.1) is 0 Å². The summed E-state index contributed by atoms with van der Waals surface area (Å²) in [6, 6.07) is 12.0. The summed E-state index contributed by atoms with van der Waals surface area (Å²) in [6.07, 6.45) is 0.804. The quantitative estimate of drug-likeness (QED) is 0.704. The number of carbonyl (C=O) groups is 1. The molecule has 3 aromatic rings. The lowest BCUT2D eigenvalue weighted by molar-refractivity contribution is 0.0728. The lowest BCUT2D eigenvalue weighted by Crippen LogP contribution is -2.36. The monoisotopic (exact) mass is 392 g/mol. The van der Waals surface area contributed by atoms with Gasteiger partial charge in [-0.05, 0) is 35.2 Å². The standard InChI is InChI=1S/C24H28N2O3/c1-24(2,3)15-9-10-18-16(13-15)17-14-26(12-11-19(17)25-18)23(27)22-20(28-4)7-6-8-21(22)29-5/h6-10,13,25H,11-12,14H2,1-5H3. The number of rotatable bonds is 3. The average Bonchev–Trinajstić information content (AvgIpc) is 3.09. The van der Waals surface area contributed by atoms with Crippen molar-refractivity contribution in [3.8, 4) is 11.5 Å².